The molecular weight excluding hydrogens is 386 g/mol. The van der Waals surface area contributed by atoms with Crippen molar-refractivity contribution in [1.82, 2.24) is 4.90 Å². The molecule has 0 aromatic heterocycles. The van der Waals surface area contributed by atoms with Crippen molar-refractivity contribution in [3.05, 3.63) is 47.1 Å². The van der Waals surface area contributed by atoms with Gasteiger partial charge >= 0.3 is 0 Å². The predicted octanol–water partition coefficient (Wildman–Crippen LogP) is 5.54. The molecule has 168 valence electrons. The van der Waals surface area contributed by atoms with Gasteiger partial charge in [-0.15, -0.1) is 0 Å². The molecule has 1 aliphatic rings. The number of carbonyl (C=O) groups is 2. The molecule has 1 heterocycles. The maximum atomic E-state index is 13.0. The highest BCUT2D eigenvalue weighted by Gasteiger charge is 2.42. The molecule has 0 radical (unpaired) electrons. The second kappa shape index (κ2) is 13.6. The van der Waals surface area contributed by atoms with Crippen molar-refractivity contribution in [2.45, 2.75) is 85.6 Å². The number of imide groups is 1. The van der Waals surface area contributed by atoms with E-state index in [9.17, 15) is 9.59 Å². The van der Waals surface area contributed by atoms with Crippen molar-refractivity contribution >= 4 is 22.1 Å². The molecule has 0 saturated carbocycles. The summed E-state index contributed by atoms with van der Waals surface area (Å²) in [6.45, 7) is 15.6. The molecule has 2 amide bonds. The fraction of sp³-hybridized carbons (Fsp3) is 0.615. The molecule has 2 unspecified atom stereocenters. The van der Waals surface area contributed by atoms with Gasteiger partial charge in [-0.2, -0.15) is 0 Å². The van der Waals surface area contributed by atoms with Crippen LogP contribution in [0.5, 0.6) is 0 Å². The minimum absolute atomic E-state index is 0.0111. The van der Waals surface area contributed by atoms with E-state index in [2.05, 4.69) is 59.4 Å². The minimum Gasteiger partial charge on any atom is -0.283 e. The van der Waals surface area contributed by atoms with Crippen molar-refractivity contribution in [2.24, 2.45) is 11.8 Å². The quantitative estimate of drug-likeness (QED) is 0.219. The van der Waals surface area contributed by atoms with Crippen LogP contribution in [0.1, 0.15) is 79.6 Å². The molecule has 30 heavy (non-hydrogen) atoms. The Hall–Kier alpha value is -1.68. The van der Waals surface area contributed by atoms with E-state index in [1.807, 2.05) is 0 Å². The van der Waals surface area contributed by atoms with Crippen molar-refractivity contribution < 1.29 is 9.59 Å². The topological polar surface area (TPSA) is 37.4 Å². The molecule has 1 rings (SSSR count). The van der Waals surface area contributed by atoms with Gasteiger partial charge in [0, 0.05) is 23.2 Å². The van der Waals surface area contributed by atoms with E-state index in [4.69, 9.17) is 0 Å². The molecule has 1 fully saturated rings. The summed E-state index contributed by atoms with van der Waals surface area (Å²) >= 11 is 0. The normalized spacial score (nSPS) is 18.8. The lowest BCUT2D eigenvalue weighted by Crippen LogP contribution is -2.33. The number of allylic oxidation sites excluding steroid dienone is 7. The van der Waals surface area contributed by atoms with Crippen LogP contribution in [-0.2, 0) is 9.59 Å². The molecule has 0 spiro atoms. The number of likely N-dealkylation sites (tertiary alicyclic amines) is 1. The molecule has 0 aromatic carbocycles. The number of nitrogens with zero attached hydrogens (tertiary/aromatic N) is 1. The highest BCUT2D eigenvalue weighted by atomic mass is 28.1. The zero-order valence-electron chi connectivity index (χ0n) is 20.2. The first kappa shape index (κ1) is 26.4. The first-order chi connectivity index (χ1) is 14.2. The summed E-state index contributed by atoms with van der Waals surface area (Å²) in [5.74, 6) is -0.0821. The highest BCUT2D eigenvalue weighted by molar-refractivity contribution is 6.10. The Kier molecular flexibility index (Phi) is 11.9. The second-order valence-corrected chi connectivity index (χ2v) is 10.0. The van der Waals surface area contributed by atoms with Crippen molar-refractivity contribution in [2.75, 3.05) is 6.54 Å². The molecule has 4 heteroatoms. The number of carbonyl (C=O) groups excluding carboxylic acids is 2. The monoisotopic (exact) mass is 429 g/mol. The number of amides is 2. The van der Waals surface area contributed by atoms with E-state index in [1.165, 1.54) is 21.6 Å². The molecular formula is C26H43NO2Si. The minimum atomic E-state index is -0.219. The Bertz CT molecular complexity index is 698. The zero-order valence-corrected chi connectivity index (χ0v) is 22.2. The first-order valence-corrected chi connectivity index (χ1v) is 13.0. The molecule has 0 aromatic rings. The maximum Gasteiger partial charge on any atom is 0.233 e. The third-order valence-electron chi connectivity index (χ3n) is 6.13. The van der Waals surface area contributed by atoms with E-state index in [0.29, 0.717) is 13.0 Å². The first-order valence-electron chi connectivity index (χ1n) is 11.6. The van der Waals surface area contributed by atoms with E-state index in [1.54, 1.807) is 0 Å². The van der Waals surface area contributed by atoms with Crippen LogP contribution in [0.15, 0.2) is 47.1 Å². The fourth-order valence-electron chi connectivity index (χ4n) is 4.08. The summed E-state index contributed by atoms with van der Waals surface area (Å²) in [5.41, 5.74) is 5.22. The van der Waals surface area contributed by atoms with Crippen LogP contribution in [-0.4, -0.2) is 33.5 Å². The van der Waals surface area contributed by atoms with Crippen molar-refractivity contribution in [3.8, 4) is 0 Å². The summed E-state index contributed by atoms with van der Waals surface area (Å²) in [5, 5.41) is 0. The van der Waals surface area contributed by atoms with Gasteiger partial charge in [-0.1, -0.05) is 47.1 Å². The van der Waals surface area contributed by atoms with Crippen LogP contribution in [0.25, 0.3) is 0 Å². The van der Waals surface area contributed by atoms with Crippen LogP contribution >= 0.6 is 0 Å². The predicted molar refractivity (Wildman–Crippen MR) is 133 cm³/mol. The summed E-state index contributed by atoms with van der Waals surface area (Å²) in [6, 6.07) is 0.948. The van der Waals surface area contributed by atoms with Crippen molar-refractivity contribution in [3.63, 3.8) is 0 Å². The standard InChI is InChI=1S/C26H43NO2Si/c1-7-20(4)11-9-12-21(5)14-15-23(22(6)13-8-10-19(2)3)24-18-25(28)27(16-17-30)26(24)29/h7,10,12,23-24H,6,8-9,11,13-18H2,1-5,30H3/b20-7+,21-12+. The van der Waals surface area contributed by atoms with Crippen molar-refractivity contribution in [1.29, 1.82) is 0 Å². The van der Waals surface area contributed by atoms with Gasteiger partial charge in [0.2, 0.25) is 11.8 Å². The lowest BCUT2D eigenvalue weighted by molar-refractivity contribution is -0.139. The lowest BCUT2D eigenvalue weighted by atomic mass is 9.79. The van der Waals surface area contributed by atoms with Gasteiger partial charge in [0.1, 0.15) is 0 Å². The third kappa shape index (κ3) is 8.59. The number of hydrogen-bond acceptors (Lipinski definition) is 2. The van der Waals surface area contributed by atoms with Gasteiger partial charge in [-0.05, 0) is 85.1 Å². The summed E-state index contributed by atoms with van der Waals surface area (Å²) < 4.78 is 0. The zero-order chi connectivity index (χ0) is 22.7. The Morgan fingerprint density at radius 3 is 2.37 bits per heavy atom. The second-order valence-electron chi connectivity index (χ2n) is 9.04. The van der Waals surface area contributed by atoms with Crippen LogP contribution in [0.2, 0.25) is 6.04 Å². The Morgan fingerprint density at radius 2 is 1.77 bits per heavy atom. The van der Waals surface area contributed by atoms with Gasteiger partial charge in [0.05, 0.1) is 5.92 Å². The van der Waals surface area contributed by atoms with Gasteiger partial charge in [0.15, 0.2) is 0 Å². The van der Waals surface area contributed by atoms with Crippen LogP contribution < -0.4 is 0 Å². The number of hydrogen-bond donors (Lipinski definition) is 0. The molecule has 3 nitrogen and oxygen atoms in total. The van der Waals surface area contributed by atoms with Gasteiger partial charge < -0.3 is 0 Å². The molecule has 0 aliphatic carbocycles. The smallest absolute Gasteiger partial charge is 0.233 e. The molecule has 0 bridgehead atoms. The summed E-state index contributed by atoms with van der Waals surface area (Å²) in [7, 11) is 1.01. The number of rotatable bonds is 13. The average molecular weight is 430 g/mol. The van der Waals surface area contributed by atoms with E-state index in [-0.39, 0.29) is 23.7 Å². The van der Waals surface area contributed by atoms with Crippen LogP contribution in [0.3, 0.4) is 0 Å². The molecule has 0 N–H and O–H groups in total. The average Bonchev–Trinajstić information content (AvgIpc) is 2.96. The molecule has 2 atom stereocenters. The van der Waals surface area contributed by atoms with Gasteiger partial charge in [0.25, 0.3) is 0 Å². The third-order valence-corrected chi connectivity index (χ3v) is 6.58. The Balaban J connectivity index is 2.86. The van der Waals surface area contributed by atoms with Crippen LogP contribution in [0, 0.1) is 11.8 Å². The van der Waals surface area contributed by atoms with Gasteiger partial charge in [-0.25, -0.2) is 0 Å². The SMILES string of the molecule is C=C(CCC=C(C)C)C(CC/C(C)=C/CC/C(C)=C/C)C1CC(=O)N(CC[SiH3])C1=O. The van der Waals surface area contributed by atoms with Gasteiger partial charge in [-0.3, -0.25) is 14.5 Å². The van der Waals surface area contributed by atoms with Crippen LogP contribution in [0.4, 0.5) is 0 Å². The summed E-state index contributed by atoms with van der Waals surface area (Å²) in [6.07, 6.45) is 12.9. The summed E-state index contributed by atoms with van der Waals surface area (Å²) in [4.78, 5) is 27.0. The van der Waals surface area contributed by atoms with E-state index >= 15 is 0 Å². The molecule has 1 saturated heterocycles. The fourth-order valence-corrected chi connectivity index (χ4v) is 4.53. The van der Waals surface area contributed by atoms with E-state index in [0.717, 1.165) is 60.4 Å². The van der Waals surface area contributed by atoms with E-state index < -0.39 is 0 Å². The largest absolute Gasteiger partial charge is 0.283 e. The Morgan fingerprint density at radius 1 is 1.10 bits per heavy atom. The highest BCUT2D eigenvalue weighted by Crippen LogP contribution is 2.36. The maximum absolute atomic E-state index is 13.0. The lowest BCUT2D eigenvalue weighted by Gasteiger charge is -2.25. The molecule has 1 aliphatic heterocycles. The Labute approximate surface area is 187 Å².